The van der Waals surface area contributed by atoms with Crippen LogP contribution in [0.4, 0.5) is 0 Å². The summed E-state index contributed by atoms with van der Waals surface area (Å²) in [4.78, 5) is 4.58. The Bertz CT molecular complexity index is 929. The third kappa shape index (κ3) is 3.12. The molecule has 2 aromatic carbocycles. The number of furan rings is 1. The number of benzene rings is 2. The third-order valence-electron chi connectivity index (χ3n) is 4.19. The van der Waals surface area contributed by atoms with E-state index in [4.69, 9.17) is 4.42 Å². The molecule has 0 unspecified atom stereocenters. The summed E-state index contributed by atoms with van der Waals surface area (Å²) in [6, 6.07) is 23.4. The smallest absolute Gasteiger partial charge is 0.152 e. The van der Waals surface area contributed by atoms with Crippen LogP contribution in [0.1, 0.15) is 11.7 Å². The van der Waals surface area contributed by atoms with Gasteiger partial charge in [0, 0.05) is 5.56 Å². The minimum Gasteiger partial charge on any atom is -0.463 e. The summed E-state index contributed by atoms with van der Waals surface area (Å²) >= 11 is 0. The van der Waals surface area contributed by atoms with E-state index in [0.717, 1.165) is 28.3 Å². The second-order valence-electron chi connectivity index (χ2n) is 5.86. The van der Waals surface area contributed by atoms with E-state index in [2.05, 4.69) is 4.98 Å². The number of aromatic nitrogens is 2. The predicted octanol–water partition coefficient (Wildman–Crippen LogP) is 4.54. The lowest BCUT2D eigenvalue weighted by molar-refractivity contribution is 0.157. The Kier molecular flexibility index (Phi) is 4.19. The van der Waals surface area contributed by atoms with Crippen molar-refractivity contribution in [2.24, 2.45) is 0 Å². The van der Waals surface area contributed by atoms with Crippen LogP contribution >= 0.6 is 0 Å². The zero-order valence-electron chi connectivity index (χ0n) is 13.6. The van der Waals surface area contributed by atoms with Crippen LogP contribution in [0.5, 0.6) is 0 Å². The maximum Gasteiger partial charge on any atom is 0.152 e. The van der Waals surface area contributed by atoms with Crippen LogP contribution in [0.3, 0.4) is 0 Å². The monoisotopic (exact) mass is 330 g/mol. The minimum absolute atomic E-state index is 0.403. The van der Waals surface area contributed by atoms with Gasteiger partial charge in [0.15, 0.2) is 5.76 Å². The van der Waals surface area contributed by atoms with Gasteiger partial charge in [-0.3, -0.25) is 0 Å². The van der Waals surface area contributed by atoms with E-state index >= 15 is 0 Å². The van der Waals surface area contributed by atoms with Crippen molar-refractivity contribution in [3.05, 3.63) is 91.0 Å². The topological polar surface area (TPSA) is 51.2 Å². The van der Waals surface area contributed by atoms with Gasteiger partial charge in [0.05, 0.1) is 30.9 Å². The van der Waals surface area contributed by atoms with Crippen molar-refractivity contribution < 1.29 is 9.52 Å². The van der Waals surface area contributed by atoms with Crippen molar-refractivity contribution in [1.29, 1.82) is 0 Å². The van der Waals surface area contributed by atoms with Gasteiger partial charge in [0.1, 0.15) is 5.69 Å². The molecule has 4 heteroatoms. The van der Waals surface area contributed by atoms with Crippen molar-refractivity contribution in [2.75, 3.05) is 0 Å². The molecule has 0 spiro atoms. The fraction of sp³-hybridized carbons (Fsp3) is 0.0952. The van der Waals surface area contributed by atoms with E-state index in [0.29, 0.717) is 6.54 Å². The number of hydrogen-bond acceptors (Lipinski definition) is 3. The molecule has 0 aliphatic rings. The molecule has 0 aliphatic carbocycles. The SMILES string of the molecule is O[C@@H](Cn1cnc(-c2ccccc2)c1-c1ccco1)c1ccccc1. The van der Waals surface area contributed by atoms with Crippen LogP contribution in [0.2, 0.25) is 0 Å². The molecule has 1 atom stereocenters. The van der Waals surface area contributed by atoms with Gasteiger partial charge >= 0.3 is 0 Å². The van der Waals surface area contributed by atoms with E-state index in [-0.39, 0.29) is 0 Å². The zero-order valence-corrected chi connectivity index (χ0v) is 13.6. The van der Waals surface area contributed by atoms with E-state index in [1.54, 1.807) is 12.6 Å². The Hall–Kier alpha value is -3.11. The van der Waals surface area contributed by atoms with E-state index in [1.807, 2.05) is 77.4 Å². The molecule has 124 valence electrons. The van der Waals surface area contributed by atoms with E-state index in [9.17, 15) is 5.11 Å². The van der Waals surface area contributed by atoms with Crippen LogP contribution in [-0.2, 0) is 6.54 Å². The van der Waals surface area contributed by atoms with Gasteiger partial charge in [-0.15, -0.1) is 0 Å². The van der Waals surface area contributed by atoms with Gasteiger partial charge in [-0.2, -0.15) is 0 Å². The Labute approximate surface area is 146 Å². The minimum atomic E-state index is -0.618. The fourth-order valence-corrected chi connectivity index (χ4v) is 2.97. The highest BCUT2D eigenvalue weighted by Gasteiger charge is 2.19. The quantitative estimate of drug-likeness (QED) is 0.584. The first kappa shape index (κ1) is 15.4. The van der Waals surface area contributed by atoms with Crippen LogP contribution in [0, 0.1) is 0 Å². The molecule has 1 N–H and O–H groups in total. The third-order valence-corrected chi connectivity index (χ3v) is 4.19. The first-order chi connectivity index (χ1) is 12.3. The lowest BCUT2D eigenvalue weighted by atomic mass is 10.1. The Morgan fingerprint density at radius 3 is 2.32 bits per heavy atom. The van der Waals surface area contributed by atoms with Crippen molar-refractivity contribution in [3.63, 3.8) is 0 Å². The van der Waals surface area contributed by atoms with Gasteiger partial charge in [-0.05, 0) is 17.7 Å². The van der Waals surface area contributed by atoms with Gasteiger partial charge in [0.2, 0.25) is 0 Å². The standard InChI is InChI=1S/C21H18N2O2/c24-18(16-8-3-1-4-9-16)14-23-15-22-20(17-10-5-2-6-11-17)21(23)19-12-7-13-25-19/h1-13,15,18,24H,14H2/t18-/m0/s1. The first-order valence-corrected chi connectivity index (χ1v) is 8.20. The average molecular weight is 330 g/mol. The lowest BCUT2D eigenvalue weighted by Crippen LogP contribution is -2.09. The number of imidazole rings is 1. The average Bonchev–Trinajstić information content (AvgIpc) is 3.32. The second-order valence-corrected chi connectivity index (χ2v) is 5.86. The summed E-state index contributed by atoms with van der Waals surface area (Å²) in [7, 11) is 0. The van der Waals surface area contributed by atoms with Crippen LogP contribution in [0.15, 0.2) is 89.8 Å². The summed E-state index contributed by atoms with van der Waals surface area (Å²) in [5, 5.41) is 10.6. The molecule has 0 amide bonds. The lowest BCUT2D eigenvalue weighted by Gasteiger charge is -2.14. The van der Waals surface area contributed by atoms with Crippen molar-refractivity contribution >= 4 is 0 Å². The molecule has 25 heavy (non-hydrogen) atoms. The fourth-order valence-electron chi connectivity index (χ4n) is 2.97. The van der Waals surface area contributed by atoms with Gasteiger partial charge in [-0.25, -0.2) is 4.98 Å². The summed E-state index contributed by atoms with van der Waals surface area (Å²) < 4.78 is 7.57. The Morgan fingerprint density at radius 2 is 1.64 bits per heavy atom. The van der Waals surface area contributed by atoms with E-state index in [1.165, 1.54) is 0 Å². The molecule has 0 radical (unpaired) electrons. The van der Waals surface area contributed by atoms with Gasteiger partial charge in [0.25, 0.3) is 0 Å². The van der Waals surface area contributed by atoms with Crippen molar-refractivity contribution in [3.8, 4) is 22.7 Å². The number of hydrogen-bond donors (Lipinski definition) is 1. The summed E-state index contributed by atoms with van der Waals surface area (Å²) in [5.74, 6) is 0.733. The molecule has 4 rings (SSSR count). The molecule has 0 aliphatic heterocycles. The molecule has 0 saturated carbocycles. The van der Waals surface area contributed by atoms with Crippen LogP contribution in [0.25, 0.3) is 22.7 Å². The molecular weight excluding hydrogens is 312 g/mol. The second kappa shape index (κ2) is 6.79. The highest BCUT2D eigenvalue weighted by Crippen LogP contribution is 2.32. The van der Waals surface area contributed by atoms with E-state index < -0.39 is 6.10 Å². The summed E-state index contributed by atoms with van der Waals surface area (Å²) in [6.07, 6.45) is 2.79. The summed E-state index contributed by atoms with van der Waals surface area (Å²) in [6.45, 7) is 0.403. The first-order valence-electron chi connectivity index (χ1n) is 8.20. The number of aliphatic hydroxyl groups is 1. The molecule has 2 aromatic heterocycles. The molecule has 2 heterocycles. The zero-order chi connectivity index (χ0) is 17.1. The number of aliphatic hydroxyl groups excluding tert-OH is 1. The maximum absolute atomic E-state index is 10.6. The number of nitrogens with zero attached hydrogens (tertiary/aromatic N) is 2. The maximum atomic E-state index is 10.6. The highest BCUT2D eigenvalue weighted by atomic mass is 16.3. The molecule has 4 nitrogen and oxygen atoms in total. The Morgan fingerprint density at radius 1 is 0.920 bits per heavy atom. The van der Waals surface area contributed by atoms with Gasteiger partial charge in [-0.1, -0.05) is 60.7 Å². The van der Waals surface area contributed by atoms with Crippen LogP contribution in [-0.4, -0.2) is 14.7 Å². The molecule has 4 aromatic rings. The Balaban J connectivity index is 1.75. The highest BCUT2D eigenvalue weighted by molar-refractivity contribution is 5.76. The molecule has 0 bridgehead atoms. The van der Waals surface area contributed by atoms with Crippen molar-refractivity contribution in [1.82, 2.24) is 9.55 Å². The largest absolute Gasteiger partial charge is 0.463 e. The van der Waals surface area contributed by atoms with Crippen molar-refractivity contribution in [2.45, 2.75) is 12.6 Å². The van der Waals surface area contributed by atoms with Gasteiger partial charge < -0.3 is 14.1 Å². The number of rotatable bonds is 5. The molecule has 0 saturated heterocycles. The molecule has 0 fully saturated rings. The molecular formula is C21H18N2O2. The van der Waals surface area contributed by atoms with Crippen LogP contribution < -0.4 is 0 Å². The normalized spacial score (nSPS) is 12.2. The summed E-state index contributed by atoms with van der Waals surface area (Å²) in [5.41, 5.74) is 3.60. The predicted molar refractivity (Wildman–Crippen MR) is 96.8 cm³/mol.